The Morgan fingerprint density at radius 3 is 2.94 bits per heavy atom. The number of aliphatic hydroxyl groups is 1. The largest absolute Gasteiger partial charge is 0.463 e. The van der Waals surface area contributed by atoms with E-state index in [0.29, 0.717) is 6.54 Å². The summed E-state index contributed by atoms with van der Waals surface area (Å²) in [7, 11) is 1.33. The number of rotatable bonds is 4. The van der Waals surface area contributed by atoms with Crippen LogP contribution in [0.15, 0.2) is 16.7 Å². The fraction of sp³-hybridized carbons (Fsp3) is 0.615. The van der Waals surface area contributed by atoms with E-state index in [1.165, 1.54) is 13.4 Å². The van der Waals surface area contributed by atoms with E-state index in [1.807, 2.05) is 13.8 Å². The van der Waals surface area contributed by atoms with Crippen molar-refractivity contribution in [2.75, 3.05) is 7.11 Å². The molecule has 100 valence electrons. The van der Waals surface area contributed by atoms with E-state index in [4.69, 9.17) is 4.42 Å². The minimum absolute atomic E-state index is 0.130. The molecule has 0 aliphatic heterocycles. The number of nitrogens with one attached hydrogen (secondary N) is 1. The molecule has 1 aliphatic carbocycles. The number of aliphatic hydroxyl groups excluding tert-OH is 1. The van der Waals surface area contributed by atoms with Gasteiger partial charge in [-0.15, -0.1) is 0 Å². The van der Waals surface area contributed by atoms with Gasteiger partial charge < -0.3 is 19.6 Å². The van der Waals surface area contributed by atoms with E-state index >= 15 is 0 Å². The molecule has 18 heavy (non-hydrogen) atoms. The molecular formula is C13H19NO4. The highest BCUT2D eigenvalue weighted by atomic mass is 16.5. The molecule has 2 unspecified atom stereocenters. The van der Waals surface area contributed by atoms with Gasteiger partial charge in [0.2, 0.25) is 5.76 Å². The maximum absolute atomic E-state index is 11.4. The second-order valence-corrected chi connectivity index (χ2v) is 5.27. The normalized spacial score (nSPS) is 25.6. The third-order valence-corrected chi connectivity index (χ3v) is 3.87. The third-order valence-electron chi connectivity index (χ3n) is 3.87. The van der Waals surface area contributed by atoms with Crippen molar-refractivity contribution < 1.29 is 19.1 Å². The SMILES string of the molecule is COC(=O)c1occc1CNC1CC(O)C1(C)C. The Morgan fingerprint density at radius 1 is 1.67 bits per heavy atom. The zero-order valence-electron chi connectivity index (χ0n) is 10.9. The maximum Gasteiger partial charge on any atom is 0.374 e. The first-order valence-corrected chi connectivity index (χ1v) is 6.03. The number of hydrogen-bond donors (Lipinski definition) is 2. The van der Waals surface area contributed by atoms with Gasteiger partial charge in [0, 0.05) is 23.6 Å². The molecule has 1 fully saturated rings. The lowest BCUT2D eigenvalue weighted by Crippen LogP contribution is -2.59. The quantitative estimate of drug-likeness (QED) is 0.792. The molecule has 1 heterocycles. The Hall–Kier alpha value is -1.33. The van der Waals surface area contributed by atoms with Gasteiger partial charge in [-0.1, -0.05) is 13.8 Å². The van der Waals surface area contributed by atoms with Crippen LogP contribution in [0.4, 0.5) is 0 Å². The lowest BCUT2D eigenvalue weighted by atomic mass is 9.64. The summed E-state index contributed by atoms with van der Waals surface area (Å²) in [5, 5.41) is 13.0. The lowest BCUT2D eigenvalue weighted by molar-refractivity contribution is -0.0730. The van der Waals surface area contributed by atoms with Gasteiger partial charge in [0.1, 0.15) is 0 Å². The van der Waals surface area contributed by atoms with Crippen LogP contribution >= 0.6 is 0 Å². The standard InChI is InChI=1S/C13H19NO4/c1-13(2)9(6-10(13)15)14-7-8-4-5-18-11(8)12(16)17-3/h4-5,9-10,14-15H,6-7H2,1-3H3. The van der Waals surface area contributed by atoms with Crippen molar-refractivity contribution in [2.45, 2.75) is 39.0 Å². The van der Waals surface area contributed by atoms with Crippen LogP contribution in [0, 0.1) is 5.41 Å². The van der Waals surface area contributed by atoms with Crippen molar-refractivity contribution in [3.05, 3.63) is 23.7 Å². The Kier molecular flexibility index (Phi) is 3.45. The number of esters is 1. The van der Waals surface area contributed by atoms with Gasteiger partial charge >= 0.3 is 5.97 Å². The molecular weight excluding hydrogens is 234 g/mol. The van der Waals surface area contributed by atoms with Crippen LogP contribution in [0.2, 0.25) is 0 Å². The Balaban J connectivity index is 1.96. The van der Waals surface area contributed by atoms with Crippen LogP contribution in [-0.2, 0) is 11.3 Å². The van der Waals surface area contributed by atoms with Gasteiger partial charge in [-0.3, -0.25) is 0 Å². The summed E-state index contributed by atoms with van der Waals surface area (Å²) < 4.78 is 9.75. The van der Waals surface area contributed by atoms with Crippen molar-refractivity contribution in [2.24, 2.45) is 5.41 Å². The summed E-state index contributed by atoms with van der Waals surface area (Å²) in [4.78, 5) is 11.4. The van der Waals surface area contributed by atoms with E-state index in [2.05, 4.69) is 10.1 Å². The fourth-order valence-electron chi connectivity index (χ4n) is 2.23. The minimum Gasteiger partial charge on any atom is -0.463 e. The van der Waals surface area contributed by atoms with Crippen LogP contribution in [-0.4, -0.2) is 30.3 Å². The molecule has 2 rings (SSSR count). The summed E-state index contributed by atoms with van der Waals surface area (Å²) in [6.45, 7) is 4.58. The summed E-state index contributed by atoms with van der Waals surface area (Å²) in [5.74, 6) is -0.229. The first-order chi connectivity index (χ1) is 8.46. The number of carbonyl (C=O) groups is 1. The average molecular weight is 253 g/mol. The molecule has 5 heteroatoms. The van der Waals surface area contributed by atoms with Crippen LogP contribution in [0.1, 0.15) is 36.4 Å². The molecule has 1 aliphatic rings. The monoisotopic (exact) mass is 253 g/mol. The van der Waals surface area contributed by atoms with Crippen molar-refractivity contribution in [3.63, 3.8) is 0 Å². The topological polar surface area (TPSA) is 71.7 Å². The Labute approximate surface area is 106 Å². The van der Waals surface area contributed by atoms with E-state index in [-0.39, 0.29) is 23.3 Å². The maximum atomic E-state index is 11.4. The third kappa shape index (κ3) is 2.15. The van der Waals surface area contributed by atoms with Crippen molar-refractivity contribution in [1.82, 2.24) is 5.32 Å². The van der Waals surface area contributed by atoms with Crippen LogP contribution in [0.3, 0.4) is 0 Å². The zero-order chi connectivity index (χ0) is 13.3. The van der Waals surface area contributed by atoms with Crippen LogP contribution in [0.5, 0.6) is 0 Å². The minimum atomic E-state index is -0.468. The molecule has 0 saturated heterocycles. The van der Waals surface area contributed by atoms with Gasteiger partial charge in [0.15, 0.2) is 0 Å². The number of carbonyl (C=O) groups excluding carboxylic acids is 1. The predicted octanol–water partition coefficient (Wildman–Crippen LogP) is 1.32. The summed E-state index contributed by atoms with van der Waals surface area (Å²) in [6, 6.07) is 1.99. The van der Waals surface area contributed by atoms with E-state index in [9.17, 15) is 9.90 Å². The van der Waals surface area contributed by atoms with Gasteiger partial charge in [0.25, 0.3) is 0 Å². The van der Waals surface area contributed by atoms with E-state index < -0.39 is 5.97 Å². The lowest BCUT2D eigenvalue weighted by Gasteiger charge is -2.49. The molecule has 1 saturated carbocycles. The van der Waals surface area contributed by atoms with Crippen molar-refractivity contribution in [3.8, 4) is 0 Å². The van der Waals surface area contributed by atoms with Crippen molar-refractivity contribution >= 4 is 5.97 Å². The first kappa shape index (κ1) is 13.1. The van der Waals surface area contributed by atoms with Gasteiger partial charge in [0.05, 0.1) is 19.5 Å². The van der Waals surface area contributed by atoms with Crippen LogP contribution in [0.25, 0.3) is 0 Å². The number of methoxy groups -OCH3 is 1. The number of hydrogen-bond acceptors (Lipinski definition) is 5. The molecule has 0 spiro atoms. The predicted molar refractivity (Wildman–Crippen MR) is 65.1 cm³/mol. The number of furan rings is 1. The highest BCUT2D eigenvalue weighted by Crippen LogP contribution is 2.40. The summed E-state index contributed by atoms with van der Waals surface area (Å²) in [6.07, 6.45) is 1.95. The Morgan fingerprint density at radius 2 is 2.39 bits per heavy atom. The molecule has 0 amide bonds. The van der Waals surface area contributed by atoms with Gasteiger partial charge in [-0.25, -0.2) is 4.79 Å². The van der Waals surface area contributed by atoms with Crippen LogP contribution < -0.4 is 5.32 Å². The molecule has 0 bridgehead atoms. The second kappa shape index (κ2) is 4.74. The molecule has 1 aromatic rings. The van der Waals surface area contributed by atoms with Crippen molar-refractivity contribution in [1.29, 1.82) is 0 Å². The fourth-order valence-corrected chi connectivity index (χ4v) is 2.23. The highest BCUT2D eigenvalue weighted by Gasteiger charge is 2.46. The smallest absolute Gasteiger partial charge is 0.374 e. The average Bonchev–Trinajstić information content (AvgIpc) is 2.81. The molecule has 0 radical (unpaired) electrons. The second-order valence-electron chi connectivity index (χ2n) is 5.27. The molecule has 5 nitrogen and oxygen atoms in total. The highest BCUT2D eigenvalue weighted by molar-refractivity contribution is 5.87. The van der Waals surface area contributed by atoms with E-state index in [1.54, 1.807) is 6.07 Å². The molecule has 1 aromatic heterocycles. The first-order valence-electron chi connectivity index (χ1n) is 6.03. The molecule has 0 aromatic carbocycles. The van der Waals surface area contributed by atoms with E-state index in [0.717, 1.165) is 12.0 Å². The molecule has 2 N–H and O–H groups in total. The van der Waals surface area contributed by atoms with Gasteiger partial charge in [-0.2, -0.15) is 0 Å². The zero-order valence-corrected chi connectivity index (χ0v) is 10.9. The Bertz CT molecular complexity index is 438. The summed E-state index contributed by atoms with van der Waals surface area (Å²) >= 11 is 0. The number of ether oxygens (including phenoxy) is 1. The molecule has 2 atom stereocenters. The van der Waals surface area contributed by atoms with Gasteiger partial charge in [-0.05, 0) is 12.5 Å². The summed E-state index contributed by atoms with van der Waals surface area (Å²) in [5.41, 5.74) is 0.647.